The Morgan fingerprint density at radius 2 is 2.00 bits per heavy atom. The molecule has 4 heterocycles. The molecule has 1 saturated heterocycles. The van der Waals surface area contributed by atoms with E-state index >= 15 is 0 Å². The van der Waals surface area contributed by atoms with Gasteiger partial charge in [-0.25, -0.2) is 4.98 Å². The molecule has 1 fully saturated rings. The smallest absolute Gasteiger partial charge is 0.255 e. The van der Waals surface area contributed by atoms with Crippen molar-refractivity contribution in [3.05, 3.63) is 70.9 Å². The zero-order valence-corrected chi connectivity index (χ0v) is 15.9. The first-order valence-electron chi connectivity index (χ1n) is 9.52. The highest BCUT2D eigenvalue weighted by atomic mass is 16.5. The van der Waals surface area contributed by atoms with Crippen molar-refractivity contribution in [2.45, 2.75) is 6.04 Å². The highest BCUT2D eigenvalue weighted by molar-refractivity contribution is 5.79. The standard InChI is InChI=1S/C21H20N6O2/c1-26-19(28)12-16(14-6-8-22-9-7-14)24-21(26)27-11-10-23-17(13-27)20-15-4-2-3-5-18(15)29-25-20/h2-9,12,17,23H,10-11,13H2,1H3. The minimum absolute atomic E-state index is 0.0196. The maximum atomic E-state index is 12.6. The largest absolute Gasteiger partial charge is 0.356 e. The van der Waals surface area contributed by atoms with Crippen LogP contribution in [0.25, 0.3) is 22.2 Å². The minimum Gasteiger partial charge on any atom is -0.356 e. The summed E-state index contributed by atoms with van der Waals surface area (Å²) in [7, 11) is 1.75. The quantitative estimate of drug-likeness (QED) is 0.575. The van der Waals surface area contributed by atoms with E-state index in [-0.39, 0.29) is 11.6 Å². The molecule has 1 N–H and O–H groups in total. The van der Waals surface area contributed by atoms with E-state index in [1.807, 2.05) is 36.4 Å². The number of aromatic nitrogens is 4. The number of nitrogens with zero attached hydrogens (tertiary/aromatic N) is 5. The first-order chi connectivity index (χ1) is 14.2. The molecule has 8 nitrogen and oxygen atoms in total. The topological polar surface area (TPSA) is 89.1 Å². The van der Waals surface area contributed by atoms with E-state index in [9.17, 15) is 4.79 Å². The second-order valence-corrected chi connectivity index (χ2v) is 7.09. The molecular weight excluding hydrogens is 368 g/mol. The number of hydrogen-bond donors (Lipinski definition) is 1. The molecule has 29 heavy (non-hydrogen) atoms. The van der Waals surface area contributed by atoms with Crippen LogP contribution in [-0.4, -0.2) is 39.3 Å². The van der Waals surface area contributed by atoms with Crippen LogP contribution in [0.5, 0.6) is 0 Å². The summed E-state index contributed by atoms with van der Waals surface area (Å²) in [5.41, 5.74) is 3.07. The Morgan fingerprint density at radius 3 is 2.86 bits per heavy atom. The third-order valence-electron chi connectivity index (χ3n) is 5.28. The Bertz CT molecular complexity index is 1220. The van der Waals surface area contributed by atoms with Gasteiger partial charge in [0.25, 0.3) is 5.56 Å². The number of anilines is 1. The third kappa shape index (κ3) is 3.17. The second-order valence-electron chi connectivity index (χ2n) is 7.09. The number of pyridine rings is 1. The molecule has 1 aromatic carbocycles. The molecule has 0 saturated carbocycles. The van der Waals surface area contributed by atoms with Crippen LogP contribution in [0.3, 0.4) is 0 Å². The van der Waals surface area contributed by atoms with Crippen LogP contribution in [0.15, 0.2) is 64.2 Å². The number of para-hydroxylation sites is 1. The van der Waals surface area contributed by atoms with Crippen molar-refractivity contribution in [1.82, 2.24) is 25.0 Å². The number of rotatable bonds is 3. The summed E-state index contributed by atoms with van der Waals surface area (Å²) < 4.78 is 7.07. The highest BCUT2D eigenvalue weighted by Crippen LogP contribution is 2.27. The monoisotopic (exact) mass is 388 g/mol. The van der Waals surface area contributed by atoms with E-state index in [2.05, 4.69) is 20.4 Å². The van der Waals surface area contributed by atoms with Crippen molar-refractivity contribution >= 4 is 16.9 Å². The van der Waals surface area contributed by atoms with Gasteiger partial charge in [-0.15, -0.1) is 0 Å². The van der Waals surface area contributed by atoms with Crippen molar-refractivity contribution in [3.8, 4) is 11.3 Å². The summed E-state index contributed by atoms with van der Waals surface area (Å²) >= 11 is 0. The first kappa shape index (κ1) is 17.6. The zero-order valence-electron chi connectivity index (χ0n) is 15.9. The third-order valence-corrected chi connectivity index (χ3v) is 5.28. The van der Waals surface area contributed by atoms with Crippen LogP contribution in [0.2, 0.25) is 0 Å². The average Bonchev–Trinajstić information content (AvgIpc) is 3.20. The van der Waals surface area contributed by atoms with Crippen LogP contribution < -0.4 is 15.8 Å². The molecule has 1 aliphatic heterocycles. The number of hydrogen-bond acceptors (Lipinski definition) is 7. The van der Waals surface area contributed by atoms with Gasteiger partial charge in [-0.3, -0.25) is 14.3 Å². The average molecular weight is 388 g/mol. The molecular formula is C21H20N6O2. The van der Waals surface area contributed by atoms with Crippen LogP contribution in [-0.2, 0) is 7.05 Å². The van der Waals surface area contributed by atoms with Crippen LogP contribution >= 0.6 is 0 Å². The molecule has 5 rings (SSSR count). The van der Waals surface area contributed by atoms with E-state index in [1.165, 1.54) is 0 Å². The molecule has 0 spiro atoms. The van der Waals surface area contributed by atoms with E-state index < -0.39 is 0 Å². The number of benzene rings is 1. The van der Waals surface area contributed by atoms with Gasteiger partial charge < -0.3 is 14.7 Å². The second kappa shape index (κ2) is 7.14. The van der Waals surface area contributed by atoms with Crippen molar-refractivity contribution in [3.63, 3.8) is 0 Å². The van der Waals surface area contributed by atoms with E-state index in [0.717, 1.165) is 35.3 Å². The zero-order chi connectivity index (χ0) is 19.8. The molecule has 0 bridgehead atoms. The van der Waals surface area contributed by atoms with Gasteiger partial charge in [0.15, 0.2) is 5.58 Å². The summed E-state index contributed by atoms with van der Waals surface area (Å²) in [5, 5.41) is 8.80. The molecule has 8 heteroatoms. The Morgan fingerprint density at radius 1 is 1.17 bits per heavy atom. The van der Waals surface area contributed by atoms with Crippen molar-refractivity contribution < 1.29 is 4.52 Å². The van der Waals surface area contributed by atoms with Crippen molar-refractivity contribution in [1.29, 1.82) is 0 Å². The molecule has 3 aromatic heterocycles. The molecule has 146 valence electrons. The summed E-state index contributed by atoms with van der Waals surface area (Å²) in [6, 6.07) is 13.1. The summed E-state index contributed by atoms with van der Waals surface area (Å²) in [5.74, 6) is 0.642. The SMILES string of the molecule is Cn1c(N2CCNC(c3noc4ccccc34)C2)nc(-c2ccncc2)cc1=O. The predicted octanol–water partition coefficient (Wildman–Crippen LogP) is 2.13. The summed E-state index contributed by atoms with van der Waals surface area (Å²) in [6.07, 6.45) is 3.40. The van der Waals surface area contributed by atoms with E-state index in [4.69, 9.17) is 9.51 Å². The van der Waals surface area contributed by atoms with Gasteiger partial charge in [-0.2, -0.15) is 0 Å². The number of fused-ring (bicyclic) bond motifs is 1. The van der Waals surface area contributed by atoms with Gasteiger partial charge >= 0.3 is 0 Å². The summed E-state index contributed by atoms with van der Waals surface area (Å²) in [4.78, 5) is 23.6. The van der Waals surface area contributed by atoms with Crippen LogP contribution in [0, 0.1) is 0 Å². The molecule has 1 unspecified atom stereocenters. The van der Waals surface area contributed by atoms with Crippen LogP contribution in [0.1, 0.15) is 11.7 Å². The Balaban J connectivity index is 1.51. The minimum atomic E-state index is -0.0937. The van der Waals surface area contributed by atoms with Gasteiger partial charge in [0.2, 0.25) is 5.95 Å². The lowest BCUT2D eigenvalue weighted by Gasteiger charge is -2.34. The number of nitrogens with one attached hydrogen (secondary N) is 1. The summed E-state index contributed by atoms with van der Waals surface area (Å²) in [6.45, 7) is 2.13. The molecule has 0 amide bonds. The van der Waals surface area contributed by atoms with Crippen LogP contribution in [0.4, 0.5) is 5.95 Å². The molecule has 1 atom stereocenters. The first-order valence-corrected chi connectivity index (χ1v) is 9.52. The fourth-order valence-corrected chi connectivity index (χ4v) is 3.75. The highest BCUT2D eigenvalue weighted by Gasteiger charge is 2.27. The maximum absolute atomic E-state index is 12.6. The Labute approximate surface area is 166 Å². The molecule has 0 radical (unpaired) electrons. The number of piperazine rings is 1. The van der Waals surface area contributed by atoms with E-state index in [0.29, 0.717) is 18.2 Å². The molecule has 1 aliphatic rings. The normalized spacial score (nSPS) is 17.0. The van der Waals surface area contributed by atoms with Gasteiger partial charge in [-0.1, -0.05) is 17.3 Å². The molecule has 0 aliphatic carbocycles. The molecule has 4 aromatic rings. The lowest BCUT2D eigenvalue weighted by Crippen LogP contribution is -2.48. The lowest BCUT2D eigenvalue weighted by molar-refractivity contribution is 0.402. The maximum Gasteiger partial charge on any atom is 0.255 e. The Hall–Kier alpha value is -3.52. The van der Waals surface area contributed by atoms with E-state index in [1.54, 1.807) is 30.1 Å². The predicted molar refractivity (Wildman–Crippen MR) is 110 cm³/mol. The Kier molecular flexibility index (Phi) is 4.33. The van der Waals surface area contributed by atoms with Gasteiger partial charge in [-0.05, 0) is 24.3 Å². The van der Waals surface area contributed by atoms with Gasteiger partial charge in [0, 0.05) is 56.1 Å². The van der Waals surface area contributed by atoms with Gasteiger partial charge in [0.1, 0.15) is 5.69 Å². The van der Waals surface area contributed by atoms with Crippen molar-refractivity contribution in [2.24, 2.45) is 7.05 Å². The van der Waals surface area contributed by atoms with Crippen molar-refractivity contribution in [2.75, 3.05) is 24.5 Å². The fourth-order valence-electron chi connectivity index (χ4n) is 3.75. The van der Waals surface area contributed by atoms with Gasteiger partial charge in [0.05, 0.1) is 11.7 Å². The lowest BCUT2D eigenvalue weighted by atomic mass is 10.1. The fraction of sp³-hybridized carbons (Fsp3) is 0.238.